The topological polar surface area (TPSA) is 60.9 Å². The molecule has 0 saturated carbocycles. The molecule has 8 heteroatoms. The summed E-state index contributed by atoms with van der Waals surface area (Å²) in [6, 6.07) is 7.21. The van der Waals surface area contributed by atoms with Crippen LogP contribution in [0.15, 0.2) is 32.3 Å². The molecule has 0 unspecified atom stereocenters. The summed E-state index contributed by atoms with van der Waals surface area (Å²) < 4.78 is 28.1. The molecule has 1 N–H and O–H groups in total. The van der Waals surface area contributed by atoms with Gasteiger partial charge in [0.1, 0.15) is 9.96 Å². The summed E-state index contributed by atoms with van der Waals surface area (Å²) in [5.41, 5.74) is 3.11. The van der Waals surface area contributed by atoms with Crippen molar-refractivity contribution in [2.24, 2.45) is 0 Å². The van der Waals surface area contributed by atoms with Gasteiger partial charge in [0.25, 0.3) is 10.0 Å². The molecule has 0 radical (unpaired) electrons. The van der Waals surface area contributed by atoms with Crippen LogP contribution in [0.3, 0.4) is 0 Å². The lowest BCUT2D eigenvalue weighted by atomic mass is 10.0. The maximum atomic E-state index is 12.7. The summed E-state index contributed by atoms with van der Waals surface area (Å²) in [4.78, 5) is 2.18. The van der Waals surface area contributed by atoms with Gasteiger partial charge in [-0.2, -0.15) is 4.31 Å². The lowest BCUT2D eigenvalue weighted by molar-refractivity contribution is 0.180. The fourth-order valence-corrected chi connectivity index (χ4v) is 6.51. The van der Waals surface area contributed by atoms with Gasteiger partial charge in [-0.3, -0.25) is 4.90 Å². The Bertz CT molecular complexity index is 872. The highest BCUT2D eigenvalue weighted by Gasteiger charge is 2.29. The van der Waals surface area contributed by atoms with E-state index < -0.39 is 10.0 Å². The Morgan fingerprint density at radius 3 is 2.36 bits per heavy atom. The van der Waals surface area contributed by atoms with Gasteiger partial charge in [-0.25, -0.2) is 8.42 Å². The molecule has 1 saturated heterocycles. The van der Waals surface area contributed by atoms with E-state index in [0.29, 0.717) is 42.7 Å². The fraction of sp³-hybridized carbons (Fsp3) is 0.412. The normalized spacial score (nSPS) is 17.1. The van der Waals surface area contributed by atoms with Gasteiger partial charge in [0.15, 0.2) is 0 Å². The predicted octanol–water partition coefficient (Wildman–Crippen LogP) is 3.34. The highest BCUT2D eigenvalue weighted by molar-refractivity contribution is 9.11. The van der Waals surface area contributed by atoms with Crippen molar-refractivity contribution in [1.82, 2.24) is 9.21 Å². The lowest BCUT2D eigenvalue weighted by Gasteiger charge is -2.33. The number of phenols is 1. The molecule has 1 aromatic carbocycles. The Labute approximate surface area is 161 Å². The molecule has 5 nitrogen and oxygen atoms in total. The van der Waals surface area contributed by atoms with Crippen LogP contribution in [-0.2, 0) is 16.6 Å². The first-order valence-corrected chi connectivity index (χ1v) is 11.1. The van der Waals surface area contributed by atoms with Crippen molar-refractivity contribution in [3.05, 3.63) is 44.7 Å². The van der Waals surface area contributed by atoms with Crippen LogP contribution in [0.25, 0.3) is 0 Å². The Kier molecular flexibility index (Phi) is 5.55. The van der Waals surface area contributed by atoms with Crippen molar-refractivity contribution in [3.63, 3.8) is 0 Å². The highest BCUT2D eigenvalue weighted by Crippen LogP contribution is 2.29. The largest absolute Gasteiger partial charge is 0.508 e. The van der Waals surface area contributed by atoms with Crippen LogP contribution in [0, 0.1) is 13.8 Å². The number of thiophene rings is 1. The molecular weight excluding hydrogens is 424 g/mol. The smallest absolute Gasteiger partial charge is 0.252 e. The van der Waals surface area contributed by atoms with E-state index in [0.717, 1.165) is 20.5 Å². The molecule has 3 rings (SSSR count). The van der Waals surface area contributed by atoms with E-state index >= 15 is 0 Å². The van der Waals surface area contributed by atoms with Crippen LogP contribution < -0.4 is 0 Å². The van der Waals surface area contributed by atoms with Gasteiger partial charge in [-0.05, 0) is 59.1 Å². The first-order chi connectivity index (χ1) is 11.8. The zero-order chi connectivity index (χ0) is 18.2. The van der Waals surface area contributed by atoms with Crippen molar-refractivity contribution in [3.8, 4) is 5.75 Å². The molecule has 2 aromatic rings. The van der Waals surface area contributed by atoms with Gasteiger partial charge in [-0.15, -0.1) is 11.3 Å². The van der Waals surface area contributed by atoms with Gasteiger partial charge in [-0.1, -0.05) is 6.07 Å². The number of hydrogen-bond donors (Lipinski definition) is 1. The van der Waals surface area contributed by atoms with E-state index in [2.05, 4.69) is 20.8 Å². The third-order valence-electron chi connectivity index (χ3n) is 4.56. The Morgan fingerprint density at radius 1 is 1.12 bits per heavy atom. The highest BCUT2D eigenvalue weighted by atomic mass is 79.9. The van der Waals surface area contributed by atoms with E-state index in [1.807, 2.05) is 19.9 Å². The molecule has 2 heterocycles. The number of phenolic OH excluding ortho intramolecular Hbond substituents is 1. The predicted molar refractivity (Wildman–Crippen MR) is 104 cm³/mol. The third-order valence-corrected chi connectivity index (χ3v) is 8.55. The summed E-state index contributed by atoms with van der Waals surface area (Å²) in [6.45, 7) is 6.86. The quantitative estimate of drug-likeness (QED) is 0.785. The molecule has 0 bridgehead atoms. The van der Waals surface area contributed by atoms with Crippen LogP contribution in [0.1, 0.15) is 16.7 Å². The Morgan fingerprint density at radius 2 is 1.76 bits per heavy atom. The van der Waals surface area contributed by atoms with Crippen molar-refractivity contribution in [2.75, 3.05) is 26.2 Å². The van der Waals surface area contributed by atoms with Crippen molar-refractivity contribution < 1.29 is 13.5 Å². The van der Waals surface area contributed by atoms with Gasteiger partial charge < -0.3 is 5.11 Å². The molecule has 1 aliphatic heterocycles. The summed E-state index contributed by atoms with van der Waals surface area (Å²) >= 11 is 4.55. The molecule has 25 heavy (non-hydrogen) atoms. The molecule has 1 aliphatic rings. The standard InChI is InChI=1S/C17H21BrN2O3S2/c1-12-9-14(15(21)10-13(12)2)11-19-5-7-20(8-6-19)25(22,23)17-4-3-16(18)24-17/h3-4,9-10,21H,5-8,11H2,1-2H3. The van der Waals surface area contributed by atoms with Crippen LogP contribution in [0.4, 0.5) is 0 Å². The van der Waals surface area contributed by atoms with E-state index in [4.69, 9.17) is 0 Å². The van der Waals surface area contributed by atoms with Gasteiger partial charge in [0, 0.05) is 38.3 Å². The van der Waals surface area contributed by atoms with Crippen LogP contribution in [0.5, 0.6) is 5.75 Å². The number of piperazine rings is 1. The first-order valence-electron chi connectivity index (χ1n) is 8.04. The minimum atomic E-state index is -3.41. The number of aryl methyl sites for hydroxylation is 2. The minimum Gasteiger partial charge on any atom is -0.508 e. The number of benzene rings is 1. The molecule has 1 aromatic heterocycles. The van der Waals surface area contributed by atoms with Crippen LogP contribution >= 0.6 is 27.3 Å². The number of nitrogens with zero attached hydrogens (tertiary/aromatic N) is 2. The average molecular weight is 445 g/mol. The second kappa shape index (κ2) is 7.36. The molecule has 1 fully saturated rings. The molecule has 0 spiro atoms. The SMILES string of the molecule is Cc1cc(O)c(CN2CCN(S(=O)(=O)c3ccc(Br)s3)CC2)cc1C. The average Bonchev–Trinajstić information content (AvgIpc) is 3.00. The van der Waals surface area contributed by atoms with E-state index in [-0.39, 0.29) is 0 Å². The number of sulfonamides is 1. The Hall–Kier alpha value is -0.930. The maximum Gasteiger partial charge on any atom is 0.252 e. The monoisotopic (exact) mass is 444 g/mol. The zero-order valence-electron chi connectivity index (χ0n) is 14.2. The number of halogens is 1. The van der Waals surface area contributed by atoms with E-state index in [1.54, 1.807) is 22.5 Å². The van der Waals surface area contributed by atoms with Crippen molar-refractivity contribution in [1.29, 1.82) is 0 Å². The molecule has 136 valence electrons. The van der Waals surface area contributed by atoms with Crippen molar-refractivity contribution >= 4 is 37.3 Å². The summed E-state index contributed by atoms with van der Waals surface area (Å²) in [5.74, 6) is 0.307. The van der Waals surface area contributed by atoms with E-state index in [9.17, 15) is 13.5 Å². The number of hydrogen-bond acceptors (Lipinski definition) is 5. The molecule has 0 amide bonds. The van der Waals surface area contributed by atoms with Gasteiger partial charge in [0.05, 0.1) is 3.79 Å². The van der Waals surface area contributed by atoms with Crippen molar-refractivity contribution in [2.45, 2.75) is 24.6 Å². The third kappa shape index (κ3) is 4.09. The lowest BCUT2D eigenvalue weighted by Crippen LogP contribution is -2.48. The second-order valence-electron chi connectivity index (χ2n) is 6.30. The summed E-state index contributed by atoms with van der Waals surface area (Å²) in [6.07, 6.45) is 0. The van der Waals surface area contributed by atoms with E-state index in [1.165, 1.54) is 11.3 Å². The first kappa shape index (κ1) is 18.8. The molecule has 0 aliphatic carbocycles. The number of aromatic hydroxyl groups is 1. The maximum absolute atomic E-state index is 12.7. The van der Waals surface area contributed by atoms with Gasteiger partial charge in [0.2, 0.25) is 0 Å². The minimum absolute atomic E-state index is 0.307. The number of rotatable bonds is 4. The summed E-state index contributed by atoms with van der Waals surface area (Å²) in [5, 5.41) is 10.1. The second-order valence-corrected chi connectivity index (χ2v) is 10.9. The molecule has 0 atom stereocenters. The summed E-state index contributed by atoms with van der Waals surface area (Å²) in [7, 11) is -3.41. The van der Waals surface area contributed by atoms with Crippen LogP contribution in [-0.4, -0.2) is 48.9 Å². The molecular formula is C17H21BrN2O3S2. The van der Waals surface area contributed by atoms with Gasteiger partial charge >= 0.3 is 0 Å². The zero-order valence-corrected chi connectivity index (χ0v) is 17.4. The Balaban J connectivity index is 1.65. The fourth-order valence-electron chi connectivity index (χ4n) is 2.92. The van der Waals surface area contributed by atoms with Crippen LogP contribution in [0.2, 0.25) is 0 Å².